The van der Waals surface area contributed by atoms with Crippen LogP contribution in [0, 0.1) is 0 Å². The summed E-state index contributed by atoms with van der Waals surface area (Å²) in [4.78, 5) is 5.20. The van der Waals surface area contributed by atoms with E-state index in [2.05, 4.69) is 5.16 Å². The topological polar surface area (TPSA) is 73.6 Å². The van der Waals surface area contributed by atoms with Gasteiger partial charge in [-0.15, -0.1) is 0 Å². The van der Waals surface area contributed by atoms with Gasteiger partial charge in [-0.2, -0.15) is 0 Å². The Kier molecular flexibility index (Phi) is 3.81. The van der Waals surface area contributed by atoms with E-state index in [4.69, 9.17) is 16.3 Å². The lowest BCUT2D eigenvalue weighted by Gasteiger charge is -2.03. The van der Waals surface area contributed by atoms with Crippen LogP contribution in [0.1, 0.15) is 11.1 Å². The molecule has 4 nitrogen and oxygen atoms in total. The predicted octanol–water partition coefficient (Wildman–Crippen LogP) is 2.11. The third-order valence-electron chi connectivity index (χ3n) is 2.44. The first kappa shape index (κ1) is 12.0. The zero-order valence-corrected chi connectivity index (χ0v) is 9.91. The number of rotatable bonds is 4. The normalized spacial score (nSPS) is 11.2. The van der Waals surface area contributed by atoms with Crippen molar-refractivity contribution in [2.24, 2.45) is 10.9 Å². The van der Waals surface area contributed by atoms with Crippen molar-refractivity contribution in [2.75, 3.05) is 5.73 Å². The van der Waals surface area contributed by atoms with Gasteiger partial charge < -0.3 is 16.3 Å². The summed E-state index contributed by atoms with van der Waals surface area (Å²) in [5.74, 6) is 0.339. The number of nitrogens with zero attached hydrogens (tertiary/aromatic N) is 1. The van der Waals surface area contributed by atoms with Gasteiger partial charge in [0.25, 0.3) is 0 Å². The highest BCUT2D eigenvalue weighted by Gasteiger charge is 1.98. The quantitative estimate of drug-likeness (QED) is 0.372. The van der Waals surface area contributed by atoms with Crippen LogP contribution < -0.4 is 11.5 Å². The van der Waals surface area contributed by atoms with Crippen molar-refractivity contribution in [3.63, 3.8) is 0 Å². The molecule has 0 aromatic heterocycles. The molecule has 0 radical (unpaired) electrons. The molecule has 0 aliphatic carbocycles. The number of hydrogen-bond donors (Lipinski definition) is 2. The Morgan fingerprint density at radius 2 is 1.67 bits per heavy atom. The summed E-state index contributed by atoms with van der Waals surface area (Å²) in [6, 6.07) is 16.9. The van der Waals surface area contributed by atoms with Crippen LogP contribution in [-0.4, -0.2) is 5.84 Å². The smallest absolute Gasteiger partial charge is 0.170 e. The minimum atomic E-state index is 0.339. The summed E-state index contributed by atoms with van der Waals surface area (Å²) in [5.41, 5.74) is 13.9. The molecule has 4 heteroatoms. The van der Waals surface area contributed by atoms with Crippen molar-refractivity contribution in [2.45, 2.75) is 6.61 Å². The van der Waals surface area contributed by atoms with Crippen LogP contribution in [0.2, 0.25) is 0 Å². The van der Waals surface area contributed by atoms with Gasteiger partial charge in [0.1, 0.15) is 6.61 Å². The minimum absolute atomic E-state index is 0.339. The number of anilines is 1. The van der Waals surface area contributed by atoms with Crippen LogP contribution in [0.25, 0.3) is 0 Å². The summed E-state index contributed by atoms with van der Waals surface area (Å²) in [5, 5.41) is 3.87. The third-order valence-corrected chi connectivity index (χ3v) is 2.44. The van der Waals surface area contributed by atoms with E-state index in [0.29, 0.717) is 18.1 Å². The number of nitrogens with two attached hydrogens (primary N) is 2. The standard InChI is InChI=1S/C14H15N3O/c15-13-8-6-12(7-9-13)14(16)17-18-10-11-4-2-1-3-5-11/h1-9H,10,15H2,(H2,16,17). The van der Waals surface area contributed by atoms with E-state index in [1.807, 2.05) is 30.3 Å². The first-order valence-electron chi connectivity index (χ1n) is 5.61. The van der Waals surface area contributed by atoms with Crippen molar-refractivity contribution >= 4 is 11.5 Å². The predicted molar refractivity (Wildman–Crippen MR) is 72.8 cm³/mol. The van der Waals surface area contributed by atoms with E-state index in [0.717, 1.165) is 11.1 Å². The van der Waals surface area contributed by atoms with Gasteiger partial charge in [-0.1, -0.05) is 35.5 Å². The average molecular weight is 241 g/mol. The van der Waals surface area contributed by atoms with Crippen molar-refractivity contribution in [1.29, 1.82) is 0 Å². The Morgan fingerprint density at radius 1 is 1.00 bits per heavy atom. The summed E-state index contributed by atoms with van der Waals surface area (Å²) in [7, 11) is 0. The van der Waals surface area contributed by atoms with Gasteiger partial charge in [-0.05, 0) is 29.8 Å². The molecule has 0 spiro atoms. The van der Waals surface area contributed by atoms with Crippen molar-refractivity contribution in [1.82, 2.24) is 0 Å². The van der Waals surface area contributed by atoms with Crippen LogP contribution in [0.15, 0.2) is 59.8 Å². The van der Waals surface area contributed by atoms with E-state index in [1.165, 1.54) is 0 Å². The van der Waals surface area contributed by atoms with Crippen LogP contribution in [0.4, 0.5) is 5.69 Å². The van der Waals surface area contributed by atoms with E-state index < -0.39 is 0 Å². The van der Waals surface area contributed by atoms with Crippen molar-refractivity contribution < 1.29 is 4.84 Å². The van der Waals surface area contributed by atoms with Crippen LogP contribution in [0.5, 0.6) is 0 Å². The lowest BCUT2D eigenvalue weighted by Crippen LogP contribution is -2.13. The van der Waals surface area contributed by atoms with Crippen molar-refractivity contribution in [3.8, 4) is 0 Å². The molecule has 0 fully saturated rings. The Labute approximate surface area is 106 Å². The van der Waals surface area contributed by atoms with Gasteiger partial charge in [0.2, 0.25) is 0 Å². The summed E-state index contributed by atoms with van der Waals surface area (Å²) >= 11 is 0. The van der Waals surface area contributed by atoms with E-state index >= 15 is 0 Å². The van der Waals surface area contributed by atoms with Gasteiger partial charge in [0, 0.05) is 11.3 Å². The number of nitrogen functional groups attached to an aromatic ring is 1. The maximum Gasteiger partial charge on any atom is 0.170 e. The number of hydrogen-bond acceptors (Lipinski definition) is 3. The molecule has 4 N–H and O–H groups in total. The average Bonchev–Trinajstić information content (AvgIpc) is 2.40. The fourth-order valence-electron chi connectivity index (χ4n) is 1.46. The van der Waals surface area contributed by atoms with Crippen LogP contribution in [0.3, 0.4) is 0 Å². The highest BCUT2D eigenvalue weighted by atomic mass is 16.6. The maximum atomic E-state index is 5.79. The molecular weight excluding hydrogens is 226 g/mol. The lowest BCUT2D eigenvalue weighted by atomic mass is 10.2. The fraction of sp³-hybridized carbons (Fsp3) is 0.0714. The number of benzene rings is 2. The molecular formula is C14H15N3O. The summed E-state index contributed by atoms with van der Waals surface area (Å²) in [6.07, 6.45) is 0. The minimum Gasteiger partial charge on any atom is -0.399 e. The van der Waals surface area contributed by atoms with Gasteiger partial charge in [-0.25, -0.2) is 0 Å². The second-order valence-corrected chi connectivity index (χ2v) is 3.86. The van der Waals surface area contributed by atoms with Crippen LogP contribution >= 0.6 is 0 Å². The zero-order chi connectivity index (χ0) is 12.8. The van der Waals surface area contributed by atoms with Crippen molar-refractivity contribution in [3.05, 3.63) is 65.7 Å². The highest BCUT2D eigenvalue weighted by Crippen LogP contribution is 2.06. The largest absolute Gasteiger partial charge is 0.399 e. The molecule has 0 bridgehead atoms. The molecule has 2 rings (SSSR count). The van der Waals surface area contributed by atoms with E-state index in [9.17, 15) is 0 Å². The highest BCUT2D eigenvalue weighted by molar-refractivity contribution is 5.97. The molecule has 0 aliphatic heterocycles. The van der Waals surface area contributed by atoms with Gasteiger partial charge >= 0.3 is 0 Å². The first-order chi connectivity index (χ1) is 8.75. The Hall–Kier alpha value is -2.49. The molecule has 0 aliphatic rings. The molecule has 92 valence electrons. The second-order valence-electron chi connectivity index (χ2n) is 3.86. The molecule has 0 amide bonds. The first-order valence-corrected chi connectivity index (χ1v) is 5.61. The number of oxime groups is 1. The van der Waals surface area contributed by atoms with Gasteiger partial charge in [0.15, 0.2) is 5.84 Å². The lowest BCUT2D eigenvalue weighted by molar-refractivity contribution is 0.130. The summed E-state index contributed by atoms with van der Waals surface area (Å²) < 4.78 is 0. The molecule has 0 unspecified atom stereocenters. The van der Waals surface area contributed by atoms with Crippen LogP contribution in [-0.2, 0) is 11.4 Å². The SMILES string of the molecule is N/C(=N\OCc1ccccc1)c1ccc(N)cc1. The molecule has 18 heavy (non-hydrogen) atoms. The molecule has 0 saturated heterocycles. The molecule has 2 aromatic carbocycles. The number of amidine groups is 1. The van der Waals surface area contributed by atoms with Gasteiger partial charge in [-0.3, -0.25) is 0 Å². The molecule has 0 atom stereocenters. The Morgan fingerprint density at radius 3 is 2.33 bits per heavy atom. The van der Waals surface area contributed by atoms with Gasteiger partial charge in [0.05, 0.1) is 0 Å². The third kappa shape index (κ3) is 3.25. The Balaban J connectivity index is 1.95. The molecule has 0 saturated carbocycles. The zero-order valence-electron chi connectivity index (χ0n) is 9.91. The second kappa shape index (κ2) is 5.72. The molecule has 2 aromatic rings. The van der Waals surface area contributed by atoms with E-state index in [-0.39, 0.29) is 0 Å². The van der Waals surface area contributed by atoms with E-state index in [1.54, 1.807) is 24.3 Å². The monoisotopic (exact) mass is 241 g/mol. The molecule has 0 heterocycles. The Bertz CT molecular complexity index is 520. The fourth-order valence-corrected chi connectivity index (χ4v) is 1.46. The maximum absolute atomic E-state index is 5.79. The summed E-state index contributed by atoms with van der Waals surface area (Å²) in [6.45, 7) is 0.399.